The monoisotopic (exact) mass is 253 g/mol. The molecule has 0 bridgehead atoms. The summed E-state index contributed by atoms with van der Waals surface area (Å²) < 4.78 is 0. The van der Waals surface area contributed by atoms with Crippen LogP contribution in [0.2, 0.25) is 0 Å². The summed E-state index contributed by atoms with van der Waals surface area (Å²) in [5.74, 6) is 0.650. The van der Waals surface area contributed by atoms with Crippen LogP contribution in [0.1, 0.15) is 42.3 Å². The highest BCUT2D eigenvalue weighted by Crippen LogP contribution is 2.32. The maximum Gasteiger partial charge on any atom is 0.261 e. The lowest BCUT2D eigenvalue weighted by Crippen LogP contribution is -2.53. The third kappa shape index (κ3) is 2.87. The second-order valence-electron chi connectivity index (χ2n) is 5.05. The summed E-state index contributed by atoms with van der Waals surface area (Å²) in [5, 5.41) is 14.5. The van der Waals surface area contributed by atoms with E-state index in [-0.39, 0.29) is 12.5 Å². The molecule has 4 heteroatoms. The molecule has 1 aliphatic rings. The van der Waals surface area contributed by atoms with Crippen LogP contribution in [0.3, 0.4) is 0 Å². The molecule has 1 aromatic rings. The number of amides is 1. The van der Waals surface area contributed by atoms with E-state index < -0.39 is 5.54 Å². The van der Waals surface area contributed by atoms with E-state index in [1.54, 1.807) is 0 Å². The largest absolute Gasteiger partial charge is 0.394 e. The number of aliphatic hydroxyl groups excluding tert-OH is 1. The van der Waals surface area contributed by atoms with Gasteiger partial charge in [0.2, 0.25) is 0 Å². The highest BCUT2D eigenvalue weighted by molar-refractivity contribution is 7.12. The number of hydrogen-bond donors (Lipinski definition) is 2. The number of nitrogens with one attached hydrogen (secondary N) is 1. The van der Waals surface area contributed by atoms with E-state index in [0.717, 1.165) is 30.6 Å². The van der Waals surface area contributed by atoms with E-state index in [2.05, 4.69) is 12.2 Å². The Kier molecular flexibility index (Phi) is 3.84. The molecule has 0 aromatic carbocycles. The molecule has 2 N–H and O–H groups in total. The lowest BCUT2D eigenvalue weighted by molar-refractivity contribution is 0.0721. The van der Waals surface area contributed by atoms with Gasteiger partial charge in [0.1, 0.15) is 0 Å². The van der Waals surface area contributed by atoms with Crippen LogP contribution in [0.15, 0.2) is 17.5 Å². The normalized spacial score (nSPS) is 28.9. The lowest BCUT2D eigenvalue weighted by atomic mass is 9.77. The van der Waals surface area contributed by atoms with Crippen molar-refractivity contribution < 1.29 is 9.90 Å². The maximum absolute atomic E-state index is 12.0. The van der Waals surface area contributed by atoms with Crippen molar-refractivity contribution in [1.82, 2.24) is 5.32 Å². The Labute approximate surface area is 106 Å². The molecule has 0 atom stereocenters. The third-order valence-electron chi connectivity index (χ3n) is 3.66. The molecule has 2 rings (SSSR count). The molecule has 1 saturated carbocycles. The van der Waals surface area contributed by atoms with Crippen molar-refractivity contribution in [2.75, 3.05) is 6.61 Å². The minimum Gasteiger partial charge on any atom is -0.394 e. The molecule has 1 amide bonds. The molecule has 0 spiro atoms. The Morgan fingerprint density at radius 2 is 2.29 bits per heavy atom. The van der Waals surface area contributed by atoms with Gasteiger partial charge in [-0.15, -0.1) is 11.3 Å². The maximum atomic E-state index is 12.0. The van der Waals surface area contributed by atoms with Crippen molar-refractivity contribution in [1.29, 1.82) is 0 Å². The van der Waals surface area contributed by atoms with Crippen molar-refractivity contribution in [3.05, 3.63) is 22.4 Å². The Morgan fingerprint density at radius 1 is 1.59 bits per heavy atom. The van der Waals surface area contributed by atoms with Gasteiger partial charge in [-0.1, -0.05) is 13.0 Å². The highest BCUT2D eigenvalue weighted by Gasteiger charge is 2.35. The molecule has 0 saturated heterocycles. The quantitative estimate of drug-likeness (QED) is 0.869. The summed E-state index contributed by atoms with van der Waals surface area (Å²) in [6.45, 7) is 2.26. The second-order valence-corrected chi connectivity index (χ2v) is 6.00. The van der Waals surface area contributed by atoms with Gasteiger partial charge < -0.3 is 10.4 Å². The van der Waals surface area contributed by atoms with Crippen LogP contribution in [0.5, 0.6) is 0 Å². The summed E-state index contributed by atoms with van der Waals surface area (Å²) in [6.07, 6.45) is 3.90. The van der Waals surface area contributed by atoms with E-state index in [4.69, 9.17) is 0 Å². The first-order chi connectivity index (χ1) is 8.15. The number of thiophene rings is 1. The average Bonchev–Trinajstić information content (AvgIpc) is 2.86. The van der Waals surface area contributed by atoms with Crippen LogP contribution in [0, 0.1) is 5.92 Å². The fourth-order valence-corrected chi connectivity index (χ4v) is 2.97. The smallest absolute Gasteiger partial charge is 0.261 e. The fraction of sp³-hybridized carbons (Fsp3) is 0.615. The zero-order valence-corrected chi connectivity index (χ0v) is 10.9. The van der Waals surface area contributed by atoms with Gasteiger partial charge in [-0.3, -0.25) is 4.79 Å². The van der Waals surface area contributed by atoms with E-state index in [1.807, 2.05) is 17.5 Å². The van der Waals surface area contributed by atoms with Gasteiger partial charge in [-0.25, -0.2) is 0 Å². The van der Waals surface area contributed by atoms with Crippen molar-refractivity contribution in [2.24, 2.45) is 5.92 Å². The number of carbonyl (C=O) groups is 1. The zero-order valence-electron chi connectivity index (χ0n) is 10.1. The Hall–Kier alpha value is -0.870. The Balaban J connectivity index is 2.02. The first-order valence-electron chi connectivity index (χ1n) is 6.12. The Morgan fingerprint density at radius 3 is 2.82 bits per heavy atom. The topological polar surface area (TPSA) is 49.3 Å². The molecular weight excluding hydrogens is 234 g/mol. The van der Waals surface area contributed by atoms with Crippen LogP contribution in [0.25, 0.3) is 0 Å². The standard InChI is InChI=1S/C13H19NO2S/c1-10-4-6-13(9-15,7-5-10)14-12(16)11-3-2-8-17-11/h2-3,8,10,15H,4-7,9H2,1H3,(H,14,16). The summed E-state index contributed by atoms with van der Waals surface area (Å²) in [5.41, 5.74) is -0.395. The SMILES string of the molecule is CC1CCC(CO)(NC(=O)c2cccs2)CC1. The number of rotatable bonds is 3. The van der Waals surface area contributed by atoms with E-state index in [9.17, 15) is 9.90 Å². The van der Waals surface area contributed by atoms with Gasteiger partial charge in [-0.05, 0) is 43.0 Å². The van der Waals surface area contributed by atoms with Gasteiger partial charge in [-0.2, -0.15) is 0 Å². The van der Waals surface area contributed by atoms with Crippen LogP contribution >= 0.6 is 11.3 Å². The molecular formula is C13H19NO2S. The summed E-state index contributed by atoms with van der Waals surface area (Å²) in [7, 11) is 0. The number of carbonyl (C=O) groups excluding carboxylic acids is 1. The fourth-order valence-electron chi connectivity index (χ4n) is 2.35. The summed E-state index contributed by atoms with van der Waals surface area (Å²) in [4.78, 5) is 12.7. The van der Waals surface area contributed by atoms with Crippen molar-refractivity contribution in [3.63, 3.8) is 0 Å². The second kappa shape index (κ2) is 5.19. The molecule has 17 heavy (non-hydrogen) atoms. The first-order valence-corrected chi connectivity index (χ1v) is 7.00. The van der Waals surface area contributed by atoms with Crippen LogP contribution < -0.4 is 5.32 Å². The Bertz CT molecular complexity index is 367. The predicted octanol–water partition coefficient (Wildman–Crippen LogP) is 2.42. The van der Waals surface area contributed by atoms with Crippen LogP contribution in [0.4, 0.5) is 0 Å². The zero-order chi connectivity index (χ0) is 12.3. The van der Waals surface area contributed by atoms with Gasteiger partial charge in [0, 0.05) is 0 Å². The number of aliphatic hydroxyl groups is 1. The highest BCUT2D eigenvalue weighted by atomic mass is 32.1. The molecule has 0 unspecified atom stereocenters. The van der Waals surface area contributed by atoms with Gasteiger partial charge in [0.05, 0.1) is 17.0 Å². The van der Waals surface area contributed by atoms with Crippen molar-refractivity contribution >= 4 is 17.2 Å². The van der Waals surface area contributed by atoms with Crippen molar-refractivity contribution in [2.45, 2.75) is 38.1 Å². The molecule has 1 aromatic heterocycles. The molecule has 1 aliphatic carbocycles. The molecule has 1 heterocycles. The summed E-state index contributed by atoms with van der Waals surface area (Å²) in [6, 6.07) is 3.69. The van der Waals surface area contributed by atoms with Crippen LogP contribution in [-0.2, 0) is 0 Å². The van der Waals surface area contributed by atoms with E-state index >= 15 is 0 Å². The summed E-state index contributed by atoms with van der Waals surface area (Å²) >= 11 is 1.44. The predicted molar refractivity (Wildman–Crippen MR) is 69.2 cm³/mol. The average molecular weight is 253 g/mol. The van der Waals surface area contributed by atoms with Gasteiger partial charge in [0.15, 0.2) is 0 Å². The first kappa shape index (κ1) is 12.6. The van der Waals surface area contributed by atoms with E-state index in [1.165, 1.54) is 11.3 Å². The molecule has 1 fully saturated rings. The van der Waals surface area contributed by atoms with Gasteiger partial charge in [0.25, 0.3) is 5.91 Å². The molecule has 0 radical (unpaired) electrons. The molecule has 94 valence electrons. The molecule has 0 aliphatic heterocycles. The third-order valence-corrected chi connectivity index (χ3v) is 4.53. The lowest BCUT2D eigenvalue weighted by Gasteiger charge is -2.38. The number of hydrogen-bond acceptors (Lipinski definition) is 3. The molecule has 3 nitrogen and oxygen atoms in total. The minimum atomic E-state index is -0.395. The van der Waals surface area contributed by atoms with Gasteiger partial charge >= 0.3 is 0 Å². The van der Waals surface area contributed by atoms with E-state index in [0.29, 0.717) is 5.92 Å². The van der Waals surface area contributed by atoms with Crippen LogP contribution in [-0.4, -0.2) is 23.2 Å². The van der Waals surface area contributed by atoms with Crippen molar-refractivity contribution in [3.8, 4) is 0 Å². The minimum absolute atomic E-state index is 0.0385.